The van der Waals surface area contributed by atoms with Crippen molar-refractivity contribution in [2.45, 2.75) is 6.18 Å². The maximum Gasteiger partial charge on any atom is 0.434 e. The van der Waals surface area contributed by atoms with Gasteiger partial charge in [-0.25, -0.2) is 4.98 Å². The molecule has 0 unspecified atom stereocenters. The number of alkyl halides is 3. The average Bonchev–Trinajstić information content (AvgIpc) is 3.18. The maximum atomic E-state index is 12.5. The molecule has 3 rings (SSSR count). The van der Waals surface area contributed by atoms with Crippen LogP contribution in [0.5, 0.6) is 0 Å². The van der Waals surface area contributed by atoms with Crippen LogP contribution in [0.15, 0.2) is 36.0 Å². The van der Waals surface area contributed by atoms with E-state index in [2.05, 4.69) is 25.8 Å². The highest BCUT2D eigenvalue weighted by atomic mass is 32.1. The van der Waals surface area contributed by atoms with Crippen molar-refractivity contribution in [2.75, 3.05) is 5.32 Å². The topological polar surface area (TPSA) is 85.6 Å². The van der Waals surface area contributed by atoms with Crippen LogP contribution in [0.2, 0.25) is 0 Å². The Morgan fingerprint density at radius 3 is 2.70 bits per heavy atom. The van der Waals surface area contributed by atoms with Crippen LogP contribution in [-0.4, -0.2) is 31.1 Å². The van der Waals surface area contributed by atoms with Gasteiger partial charge in [-0.1, -0.05) is 12.1 Å². The molecule has 0 bridgehead atoms. The number of hydrogen-bond donors (Lipinski definition) is 1. The van der Waals surface area contributed by atoms with Gasteiger partial charge >= 0.3 is 6.18 Å². The Labute approximate surface area is 130 Å². The Hall–Kier alpha value is -2.82. The van der Waals surface area contributed by atoms with Crippen molar-refractivity contribution in [3.05, 3.63) is 47.2 Å². The number of carbonyl (C=O) groups is 1. The summed E-state index contributed by atoms with van der Waals surface area (Å²) >= 11 is 0.693. The van der Waals surface area contributed by atoms with Gasteiger partial charge in [-0.3, -0.25) is 10.1 Å². The molecule has 23 heavy (non-hydrogen) atoms. The van der Waals surface area contributed by atoms with E-state index in [9.17, 15) is 18.0 Å². The fourth-order valence-corrected chi connectivity index (χ4v) is 2.48. The molecule has 7 nitrogen and oxygen atoms in total. The van der Waals surface area contributed by atoms with E-state index < -0.39 is 17.8 Å². The highest BCUT2D eigenvalue weighted by molar-refractivity contribution is 7.14. The number of amides is 1. The van der Waals surface area contributed by atoms with Crippen LogP contribution in [0, 0.1) is 0 Å². The molecule has 0 aliphatic rings. The molecular formula is C12H7F3N6OS. The first-order chi connectivity index (χ1) is 10.9. The summed E-state index contributed by atoms with van der Waals surface area (Å²) in [5.74, 6) is -0.612. The summed E-state index contributed by atoms with van der Waals surface area (Å²) in [5, 5.41) is 13.7. The number of nitrogens with one attached hydrogen (secondary N) is 1. The summed E-state index contributed by atoms with van der Waals surface area (Å²) in [4.78, 5) is 15.6. The van der Waals surface area contributed by atoms with Crippen molar-refractivity contribution in [1.82, 2.24) is 25.2 Å². The van der Waals surface area contributed by atoms with Gasteiger partial charge in [0.2, 0.25) is 0 Å². The van der Waals surface area contributed by atoms with Crippen molar-refractivity contribution in [2.24, 2.45) is 0 Å². The molecule has 2 aromatic heterocycles. The minimum Gasteiger partial charge on any atom is -0.298 e. The Kier molecular flexibility index (Phi) is 3.78. The zero-order valence-electron chi connectivity index (χ0n) is 11.2. The Morgan fingerprint density at radius 1 is 1.26 bits per heavy atom. The second kappa shape index (κ2) is 5.76. The van der Waals surface area contributed by atoms with E-state index in [1.54, 1.807) is 18.2 Å². The number of rotatable bonds is 3. The summed E-state index contributed by atoms with van der Waals surface area (Å²) in [5.41, 5.74) is -0.460. The quantitative estimate of drug-likeness (QED) is 0.791. The van der Waals surface area contributed by atoms with Gasteiger partial charge in [0.15, 0.2) is 10.8 Å². The van der Waals surface area contributed by atoms with E-state index in [0.29, 0.717) is 17.0 Å². The van der Waals surface area contributed by atoms with Crippen molar-refractivity contribution < 1.29 is 18.0 Å². The molecule has 0 aliphatic heterocycles. The molecule has 0 aliphatic carbocycles. The Balaban J connectivity index is 1.86. The van der Waals surface area contributed by atoms with Crippen LogP contribution in [0.25, 0.3) is 5.69 Å². The third-order valence-electron chi connectivity index (χ3n) is 2.76. The number of nitrogens with zero attached hydrogens (tertiary/aromatic N) is 5. The van der Waals surface area contributed by atoms with Crippen LogP contribution in [-0.2, 0) is 6.18 Å². The first-order valence-electron chi connectivity index (χ1n) is 6.11. The summed E-state index contributed by atoms with van der Waals surface area (Å²) in [6.45, 7) is 0. The molecule has 1 aromatic carbocycles. The van der Waals surface area contributed by atoms with E-state index in [4.69, 9.17) is 0 Å². The third-order valence-corrected chi connectivity index (χ3v) is 3.52. The lowest BCUT2D eigenvalue weighted by Gasteiger charge is -2.07. The molecule has 0 atom stereocenters. The molecule has 11 heteroatoms. The molecule has 2 heterocycles. The number of thiazole rings is 1. The third kappa shape index (κ3) is 3.18. The summed E-state index contributed by atoms with van der Waals surface area (Å²) in [6, 6.07) is 6.41. The number of benzene rings is 1. The zero-order valence-corrected chi connectivity index (χ0v) is 12.0. The van der Waals surface area contributed by atoms with Gasteiger partial charge in [-0.05, 0) is 22.6 Å². The van der Waals surface area contributed by atoms with Crippen LogP contribution in [0.1, 0.15) is 16.1 Å². The normalized spacial score (nSPS) is 11.4. The van der Waals surface area contributed by atoms with Crippen LogP contribution >= 0.6 is 11.3 Å². The van der Waals surface area contributed by atoms with E-state index in [0.717, 1.165) is 5.38 Å². The van der Waals surface area contributed by atoms with E-state index in [-0.39, 0.29) is 10.7 Å². The zero-order chi connectivity index (χ0) is 16.4. The Bertz CT molecular complexity index is 829. The van der Waals surface area contributed by atoms with E-state index in [1.165, 1.54) is 17.1 Å². The largest absolute Gasteiger partial charge is 0.434 e. The molecule has 0 radical (unpaired) electrons. The van der Waals surface area contributed by atoms with Gasteiger partial charge in [0.05, 0.1) is 11.3 Å². The molecule has 1 amide bonds. The predicted octanol–water partition coefficient (Wildman–Crippen LogP) is 2.39. The lowest BCUT2D eigenvalue weighted by molar-refractivity contribution is -0.140. The highest BCUT2D eigenvalue weighted by Gasteiger charge is 2.34. The average molecular weight is 340 g/mol. The molecule has 0 saturated heterocycles. The van der Waals surface area contributed by atoms with Crippen LogP contribution in [0.4, 0.5) is 18.3 Å². The molecule has 118 valence electrons. The second-order valence-corrected chi connectivity index (χ2v) is 5.12. The van der Waals surface area contributed by atoms with Gasteiger partial charge in [0.1, 0.15) is 6.33 Å². The summed E-state index contributed by atoms with van der Waals surface area (Å²) < 4.78 is 38.8. The van der Waals surface area contributed by atoms with Crippen LogP contribution < -0.4 is 5.32 Å². The first-order valence-corrected chi connectivity index (χ1v) is 6.99. The van der Waals surface area contributed by atoms with Crippen molar-refractivity contribution in [3.8, 4) is 5.69 Å². The van der Waals surface area contributed by atoms with E-state index >= 15 is 0 Å². The lowest BCUT2D eigenvalue weighted by Crippen LogP contribution is -2.15. The van der Waals surface area contributed by atoms with Crippen molar-refractivity contribution in [3.63, 3.8) is 0 Å². The summed E-state index contributed by atoms with van der Waals surface area (Å²) in [7, 11) is 0. The monoisotopic (exact) mass is 340 g/mol. The number of para-hydroxylation sites is 1. The molecule has 0 fully saturated rings. The van der Waals surface area contributed by atoms with Gasteiger partial charge in [0, 0.05) is 5.38 Å². The number of aromatic nitrogens is 5. The SMILES string of the molecule is O=C(Nc1nc(C(F)(F)F)cs1)c1ccccc1-n1cnnn1. The minimum absolute atomic E-state index is 0.145. The van der Waals surface area contributed by atoms with E-state index in [1.807, 2.05) is 0 Å². The molecule has 0 saturated carbocycles. The summed E-state index contributed by atoms with van der Waals surface area (Å²) in [6.07, 6.45) is -3.25. The Morgan fingerprint density at radius 2 is 2.04 bits per heavy atom. The van der Waals surface area contributed by atoms with Gasteiger partial charge in [0.25, 0.3) is 5.91 Å². The minimum atomic E-state index is -4.55. The first kappa shape index (κ1) is 15.1. The molecule has 0 spiro atoms. The van der Waals surface area contributed by atoms with Gasteiger partial charge < -0.3 is 0 Å². The fourth-order valence-electron chi connectivity index (χ4n) is 1.76. The number of carbonyl (C=O) groups excluding carboxylic acids is 1. The maximum absolute atomic E-state index is 12.5. The van der Waals surface area contributed by atoms with Crippen molar-refractivity contribution >= 4 is 22.4 Å². The smallest absolute Gasteiger partial charge is 0.298 e. The number of tetrazole rings is 1. The number of anilines is 1. The standard InChI is InChI=1S/C12H7F3N6OS/c13-12(14,15)9-5-23-11(17-9)18-10(22)7-3-1-2-4-8(7)21-6-16-19-20-21/h1-6H,(H,17,18,22). The second-order valence-electron chi connectivity index (χ2n) is 4.26. The van der Waals surface area contributed by atoms with Crippen LogP contribution in [0.3, 0.4) is 0 Å². The van der Waals surface area contributed by atoms with Gasteiger partial charge in [-0.2, -0.15) is 17.9 Å². The highest BCUT2D eigenvalue weighted by Crippen LogP contribution is 2.31. The number of halogens is 3. The molecular weight excluding hydrogens is 333 g/mol. The van der Waals surface area contributed by atoms with Gasteiger partial charge in [-0.15, -0.1) is 16.4 Å². The fraction of sp³-hybridized carbons (Fsp3) is 0.0833. The molecule has 3 aromatic rings. The molecule has 1 N–H and O–H groups in total. The predicted molar refractivity (Wildman–Crippen MR) is 74.2 cm³/mol. The number of hydrogen-bond acceptors (Lipinski definition) is 6. The lowest BCUT2D eigenvalue weighted by atomic mass is 10.1. The van der Waals surface area contributed by atoms with Crippen molar-refractivity contribution in [1.29, 1.82) is 0 Å².